The number of benzene rings is 1. The van der Waals surface area contributed by atoms with Gasteiger partial charge in [0, 0.05) is 10.6 Å². The second-order valence-electron chi connectivity index (χ2n) is 4.35. The molecule has 0 saturated carbocycles. The zero-order chi connectivity index (χ0) is 14.8. The minimum Gasteiger partial charge on any atom is -0.481 e. The maximum Gasteiger partial charge on any atom is 0.309 e. The van der Waals surface area contributed by atoms with Gasteiger partial charge in [0.25, 0.3) is 0 Å². The van der Waals surface area contributed by atoms with E-state index in [2.05, 4.69) is 4.98 Å². The smallest absolute Gasteiger partial charge is 0.309 e. The first-order chi connectivity index (χ1) is 10.1. The second-order valence-corrected chi connectivity index (χ2v) is 4.79. The third-order valence-corrected chi connectivity index (χ3v) is 3.10. The molecule has 0 amide bonds. The van der Waals surface area contributed by atoms with Crippen molar-refractivity contribution in [3.63, 3.8) is 0 Å². The van der Waals surface area contributed by atoms with Crippen molar-refractivity contribution in [3.05, 3.63) is 53.4 Å². The molecule has 0 atom stereocenters. The first-order valence-electron chi connectivity index (χ1n) is 6.15. The minimum atomic E-state index is -0.987. The van der Waals surface area contributed by atoms with Crippen LogP contribution in [0.3, 0.4) is 0 Å². The Labute approximate surface area is 124 Å². The summed E-state index contributed by atoms with van der Waals surface area (Å²) in [6.45, 7) is 0. The van der Waals surface area contributed by atoms with E-state index in [4.69, 9.17) is 25.5 Å². The molecule has 0 spiro atoms. The largest absolute Gasteiger partial charge is 0.481 e. The van der Waals surface area contributed by atoms with Gasteiger partial charge < -0.3 is 13.9 Å². The van der Waals surface area contributed by atoms with Crippen molar-refractivity contribution in [1.82, 2.24) is 4.98 Å². The van der Waals surface area contributed by atoms with E-state index >= 15 is 0 Å². The third kappa shape index (κ3) is 2.83. The number of oxazole rings is 1. The number of carboxylic acids is 1. The summed E-state index contributed by atoms with van der Waals surface area (Å²) in [5.74, 6) is 0.111. The standard InChI is InChI=1S/C15H10ClNO4/c16-10-5-3-9(4-6-10)15-17-11(8-13(18)19)14(21-15)12-2-1-7-20-12/h1-7H,8H2,(H,18,19). The van der Waals surface area contributed by atoms with Crippen LogP contribution < -0.4 is 0 Å². The number of carbonyl (C=O) groups is 1. The molecule has 106 valence electrons. The normalized spacial score (nSPS) is 10.7. The first-order valence-corrected chi connectivity index (χ1v) is 6.52. The molecule has 0 bridgehead atoms. The monoisotopic (exact) mass is 303 g/mol. The van der Waals surface area contributed by atoms with Gasteiger partial charge in [0.15, 0.2) is 11.5 Å². The lowest BCUT2D eigenvalue weighted by atomic mass is 10.2. The number of carboxylic acid groups (broad SMARTS) is 1. The summed E-state index contributed by atoms with van der Waals surface area (Å²) in [7, 11) is 0. The van der Waals surface area contributed by atoms with E-state index in [0.717, 1.165) is 0 Å². The fourth-order valence-corrected chi connectivity index (χ4v) is 2.06. The van der Waals surface area contributed by atoms with Crippen LogP contribution in [-0.2, 0) is 11.2 Å². The molecule has 21 heavy (non-hydrogen) atoms. The van der Waals surface area contributed by atoms with Crippen LogP contribution >= 0.6 is 11.6 Å². The Morgan fingerprint density at radius 2 is 2.00 bits per heavy atom. The van der Waals surface area contributed by atoms with E-state index in [1.165, 1.54) is 6.26 Å². The van der Waals surface area contributed by atoms with Gasteiger partial charge in [-0.15, -0.1) is 0 Å². The van der Waals surface area contributed by atoms with Crippen molar-refractivity contribution in [1.29, 1.82) is 0 Å². The molecule has 0 saturated heterocycles. The molecule has 6 heteroatoms. The van der Waals surface area contributed by atoms with Gasteiger partial charge in [-0.25, -0.2) is 4.98 Å². The maximum absolute atomic E-state index is 11.0. The molecule has 0 aliphatic heterocycles. The molecule has 2 heterocycles. The molecule has 0 radical (unpaired) electrons. The van der Waals surface area contributed by atoms with Gasteiger partial charge in [0.05, 0.1) is 12.7 Å². The van der Waals surface area contributed by atoms with Crippen molar-refractivity contribution in [2.24, 2.45) is 0 Å². The van der Waals surface area contributed by atoms with Crippen molar-refractivity contribution < 1.29 is 18.7 Å². The van der Waals surface area contributed by atoms with Gasteiger partial charge in [-0.2, -0.15) is 0 Å². The van der Waals surface area contributed by atoms with E-state index in [-0.39, 0.29) is 6.42 Å². The van der Waals surface area contributed by atoms with E-state index in [1.54, 1.807) is 36.4 Å². The Balaban J connectivity index is 2.07. The molecule has 0 aliphatic rings. The van der Waals surface area contributed by atoms with Crippen molar-refractivity contribution in [2.75, 3.05) is 0 Å². The van der Waals surface area contributed by atoms with Crippen molar-refractivity contribution in [2.45, 2.75) is 6.42 Å². The van der Waals surface area contributed by atoms with Crippen LogP contribution in [-0.4, -0.2) is 16.1 Å². The molecule has 0 fully saturated rings. The highest BCUT2D eigenvalue weighted by molar-refractivity contribution is 6.30. The number of hydrogen-bond acceptors (Lipinski definition) is 4. The van der Waals surface area contributed by atoms with Crippen LogP contribution in [0.1, 0.15) is 5.69 Å². The number of aromatic nitrogens is 1. The summed E-state index contributed by atoms with van der Waals surface area (Å²) in [5.41, 5.74) is 1.03. The highest BCUT2D eigenvalue weighted by Gasteiger charge is 2.20. The van der Waals surface area contributed by atoms with E-state index in [0.29, 0.717) is 33.7 Å². The summed E-state index contributed by atoms with van der Waals surface area (Å²) >= 11 is 5.84. The lowest BCUT2D eigenvalue weighted by Crippen LogP contribution is -2.01. The minimum absolute atomic E-state index is 0.243. The van der Waals surface area contributed by atoms with E-state index in [9.17, 15) is 4.79 Å². The van der Waals surface area contributed by atoms with E-state index in [1.807, 2.05) is 0 Å². The van der Waals surface area contributed by atoms with Crippen LogP contribution in [0, 0.1) is 0 Å². The lowest BCUT2D eigenvalue weighted by Gasteiger charge is -1.95. The Kier molecular flexibility index (Phi) is 3.50. The Bertz CT molecular complexity index is 760. The molecule has 1 N–H and O–H groups in total. The average molecular weight is 304 g/mol. The number of aliphatic carboxylic acids is 1. The Morgan fingerprint density at radius 3 is 2.62 bits per heavy atom. The summed E-state index contributed by atoms with van der Waals surface area (Å²) in [6, 6.07) is 10.3. The van der Waals surface area contributed by atoms with E-state index < -0.39 is 5.97 Å². The van der Waals surface area contributed by atoms with Crippen molar-refractivity contribution in [3.8, 4) is 23.0 Å². The quantitative estimate of drug-likeness (QED) is 0.791. The molecule has 0 aliphatic carbocycles. The fourth-order valence-electron chi connectivity index (χ4n) is 1.93. The summed E-state index contributed by atoms with van der Waals surface area (Å²) < 4.78 is 10.9. The molecule has 3 aromatic rings. The number of nitrogens with zero attached hydrogens (tertiary/aromatic N) is 1. The van der Waals surface area contributed by atoms with Crippen LogP contribution in [0.25, 0.3) is 23.0 Å². The number of hydrogen-bond donors (Lipinski definition) is 1. The van der Waals surface area contributed by atoms with Crippen molar-refractivity contribution >= 4 is 17.6 Å². The Morgan fingerprint density at radius 1 is 1.24 bits per heavy atom. The molecular formula is C15H10ClNO4. The van der Waals surface area contributed by atoms with Gasteiger partial charge in [-0.1, -0.05) is 11.6 Å². The first kappa shape index (κ1) is 13.5. The highest BCUT2D eigenvalue weighted by atomic mass is 35.5. The predicted molar refractivity (Wildman–Crippen MR) is 76.0 cm³/mol. The van der Waals surface area contributed by atoms with Crippen LogP contribution in [0.5, 0.6) is 0 Å². The molecule has 2 aromatic heterocycles. The molecular weight excluding hydrogens is 294 g/mol. The predicted octanol–water partition coefficient (Wildman–Crippen LogP) is 3.88. The zero-order valence-electron chi connectivity index (χ0n) is 10.7. The third-order valence-electron chi connectivity index (χ3n) is 2.85. The summed E-state index contributed by atoms with van der Waals surface area (Å²) in [4.78, 5) is 15.2. The summed E-state index contributed by atoms with van der Waals surface area (Å²) in [6.07, 6.45) is 1.25. The highest BCUT2D eigenvalue weighted by Crippen LogP contribution is 2.30. The molecule has 0 unspecified atom stereocenters. The van der Waals surface area contributed by atoms with Gasteiger partial charge in [0.1, 0.15) is 5.69 Å². The van der Waals surface area contributed by atoms with Gasteiger partial charge in [-0.3, -0.25) is 4.79 Å². The SMILES string of the molecule is O=C(O)Cc1nc(-c2ccc(Cl)cc2)oc1-c1ccco1. The number of halogens is 1. The fraction of sp³-hybridized carbons (Fsp3) is 0.0667. The molecule has 1 aromatic carbocycles. The van der Waals surface area contributed by atoms with Gasteiger partial charge in [-0.05, 0) is 36.4 Å². The van der Waals surface area contributed by atoms with Crippen LogP contribution in [0.15, 0.2) is 51.5 Å². The van der Waals surface area contributed by atoms with Gasteiger partial charge in [0.2, 0.25) is 5.89 Å². The second kappa shape index (κ2) is 5.46. The Hall–Kier alpha value is -2.53. The topological polar surface area (TPSA) is 76.5 Å². The van der Waals surface area contributed by atoms with Gasteiger partial charge >= 0.3 is 5.97 Å². The summed E-state index contributed by atoms with van der Waals surface area (Å²) in [5, 5.41) is 9.57. The maximum atomic E-state index is 11.0. The molecule has 3 rings (SSSR count). The zero-order valence-corrected chi connectivity index (χ0v) is 11.5. The van der Waals surface area contributed by atoms with Crippen LogP contribution in [0.2, 0.25) is 5.02 Å². The number of furan rings is 1. The van der Waals surface area contributed by atoms with Crippen LogP contribution in [0.4, 0.5) is 0 Å². The lowest BCUT2D eigenvalue weighted by molar-refractivity contribution is -0.136. The number of rotatable bonds is 4. The average Bonchev–Trinajstić information content (AvgIpc) is 3.08. The molecule has 5 nitrogen and oxygen atoms in total.